The highest BCUT2D eigenvalue weighted by Crippen LogP contribution is 2.15. The monoisotopic (exact) mass is 261 g/mol. The Bertz CT molecular complexity index is 407. The molecule has 104 valence electrons. The van der Waals surface area contributed by atoms with Crippen LogP contribution in [0.15, 0.2) is 24.3 Å². The largest absolute Gasteiger partial charge is 0.392 e. The zero-order valence-electron chi connectivity index (χ0n) is 11.6. The quantitative estimate of drug-likeness (QED) is 0.828. The second-order valence-corrected chi connectivity index (χ2v) is 5.48. The summed E-state index contributed by atoms with van der Waals surface area (Å²) in [6.07, 6.45) is 3.83. The SMILES string of the molecule is CC(CN1CCCCC1)C(=O)c1ccc(CO)cc1. The first-order valence-corrected chi connectivity index (χ1v) is 7.17. The van der Waals surface area contributed by atoms with Crippen molar-refractivity contribution in [1.82, 2.24) is 4.90 Å². The Morgan fingerprint density at radius 2 is 1.84 bits per heavy atom. The number of Topliss-reactive ketones (excluding diaryl/α,β-unsaturated/α-hetero) is 1. The summed E-state index contributed by atoms with van der Waals surface area (Å²) in [6.45, 7) is 5.15. The number of likely N-dealkylation sites (tertiary alicyclic amines) is 1. The van der Waals surface area contributed by atoms with Gasteiger partial charge in [0, 0.05) is 18.0 Å². The molecule has 1 atom stereocenters. The average Bonchev–Trinajstić information content (AvgIpc) is 2.47. The zero-order chi connectivity index (χ0) is 13.7. The van der Waals surface area contributed by atoms with Gasteiger partial charge in [-0.2, -0.15) is 0 Å². The number of hydrogen-bond acceptors (Lipinski definition) is 3. The lowest BCUT2D eigenvalue weighted by atomic mass is 9.97. The molecular formula is C16H23NO2. The molecule has 0 aromatic heterocycles. The van der Waals surface area contributed by atoms with Crippen molar-refractivity contribution in [3.63, 3.8) is 0 Å². The van der Waals surface area contributed by atoms with Crippen LogP contribution >= 0.6 is 0 Å². The van der Waals surface area contributed by atoms with Crippen molar-refractivity contribution in [3.8, 4) is 0 Å². The molecule has 1 N–H and O–H groups in total. The van der Waals surface area contributed by atoms with Crippen LogP contribution in [0.4, 0.5) is 0 Å². The predicted octanol–water partition coefficient (Wildman–Crippen LogP) is 2.48. The van der Waals surface area contributed by atoms with E-state index < -0.39 is 0 Å². The molecule has 19 heavy (non-hydrogen) atoms. The van der Waals surface area contributed by atoms with E-state index in [4.69, 9.17) is 5.11 Å². The molecule has 0 radical (unpaired) electrons. The molecule has 1 aromatic rings. The van der Waals surface area contributed by atoms with Gasteiger partial charge in [-0.15, -0.1) is 0 Å². The van der Waals surface area contributed by atoms with Crippen molar-refractivity contribution in [1.29, 1.82) is 0 Å². The number of aliphatic hydroxyl groups excluding tert-OH is 1. The molecule has 3 nitrogen and oxygen atoms in total. The molecule has 0 aliphatic carbocycles. The molecule has 2 rings (SSSR count). The molecule has 0 bridgehead atoms. The van der Waals surface area contributed by atoms with Crippen LogP contribution in [0.25, 0.3) is 0 Å². The summed E-state index contributed by atoms with van der Waals surface area (Å²) < 4.78 is 0. The van der Waals surface area contributed by atoms with Crippen LogP contribution in [0, 0.1) is 5.92 Å². The molecule has 1 heterocycles. The van der Waals surface area contributed by atoms with Gasteiger partial charge in [0.1, 0.15) is 0 Å². The fraction of sp³-hybridized carbons (Fsp3) is 0.562. The Morgan fingerprint density at radius 3 is 2.42 bits per heavy atom. The summed E-state index contributed by atoms with van der Waals surface area (Å²) in [7, 11) is 0. The molecule has 1 unspecified atom stereocenters. The van der Waals surface area contributed by atoms with Crippen LogP contribution in [0.1, 0.15) is 42.1 Å². The van der Waals surface area contributed by atoms with E-state index in [2.05, 4.69) is 4.90 Å². The minimum atomic E-state index is 0.0256. The van der Waals surface area contributed by atoms with E-state index in [1.54, 1.807) is 0 Å². The van der Waals surface area contributed by atoms with Crippen molar-refractivity contribution in [2.75, 3.05) is 19.6 Å². The fourth-order valence-electron chi connectivity index (χ4n) is 2.67. The van der Waals surface area contributed by atoms with Gasteiger partial charge in [-0.05, 0) is 31.5 Å². The molecule has 1 saturated heterocycles. The van der Waals surface area contributed by atoms with Crippen LogP contribution in [0.2, 0.25) is 0 Å². The number of hydrogen-bond donors (Lipinski definition) is 1. The van der Waals surface area contributed by atoms with Crippen LogP contribution in [0.5, 0.6) is 0 Å². The predicted molar refractivity (Wildman–Crippen MR) is 76.2 cm³/mol. The van der Waals surface area contributed by atoms with E-state index >= 15 is 0 Å². The van der Waals surface area contributed by atoms with E-state index in [1.165, 1.54) is 19.3 Å². The standard InChI is InChI=1S/C16H23NO2/c1-13(11-17-9-3-2-4-10-17)16(19)15-7-5-14(12-18)6-8-15/h5-8,13,18H,2-4,9-12H2,1H3. The Morgan fingerprint density at radius 1 is 1.21 bits per heavy atom. The van der Waals surface area contributed by atoms with Crippen molar-refractivity contribution < 1.29 is 9.90 Å². The van der Waals surface area contributed by atoms with E-state index in [-0.39, 0.29) is 18.3 Å². The molecule has 0 amide bonds. The van der Waals surface area contributed by atoms with Gasteiger partial charge in [-0.25, -0.2) is 0 Å². The van der Waals surface area contributed by atoms with Gasteiger partial charge in [0.05, 0.1) is 6.61 Å². The summed E-state index contributed by atoms with van der Waals surface area (Å²) in [5.41, 5.74) is 1.60. The maximum absolute atomic E-state index is 12.3. The lowest BCUT2D eigenvalue weighted by Gasteiger charge is -2.28. The second kappa shape index (κ2) is 6.83. The first-order chi connectivity index (χ1) is 9.20. The van der Waals surface area contributed by atoms with Crippen molar-refractivity contribution >= 4 is 5.78 Å². The summed E-state index contributed by atoms with van der Waals surface area (Å²) in [5, 5.41) is 9.00. The normalized spacial score (nSPS) is 18.2. The Labute approximate surface area is 115 Å². The third kappa shape index (κ3) is 3.88. The summed E-state index contributed by atoms with van der Waals surface area (Å²) in [6, 6.07) is 7.28. The van der Waals surface area contributed by atoms with Gasteiger partial charge in [0.2, 0.25) is 0 Å². The van der Waals surface area contributed by atoms with Crippen molar-refractivity contribution in [2.45, 2.75) is 32.8 Å². The Hall–Kier alpha value is -1.19. The number of piperidine rings is 1. The molecule has 0 saturated carbocycles. The number of rotatable bonds is 5. The number of aliphatic hydroxyl groups is 1. The van der Waals surface area contributed by atoms with Gasteiger partial charge in [0.15, 0.2) is 5.78 Å². The van der Waals surface area contributed by atoms with Crippen LogP contribution in [0.3, 0.4) is 0 Å². The van der Waals surface area contributed by atoms with E-state index in [1.807, 2.05) is 31.2 Å². The molecule has 3 heteroatoms. The lowest BCUT2D eigenvalue weighted by molar-refractivity contribution is 0.0883. The molecule has 1 aliphatic heterocycles. The number of carbonyl (C=O) groups excluding carboxylic acids is 1. The fourth-order valence-corrected chi connectivity index (χ4v) is 2.67. The second-order valence-electron chi connectivity index (χ2n) is 5.48. The molecule has 1 fully saturated rings. The number of ketones is 1. The van der Waals surface area contributed by atoms with Crippen LogP contribution < -0.4 is 0 Å². The van der Waals surface area contributed by atoms with Gasteiger partial charge < -0.3 is 10.0 Å². The highest BCUT2D eigenvalue weighted by molar-refractivity contribution is 5.97. The summed E-state index contributed by atoms with van der Waals surface area (Å²) in [5.74, 6) is 0.244. The van der Waals surface area contributed by atoms with Gasteiger partial charge >= 0.3 is 0 Å². The van der Waals surface area contributed by atoms with Crippen LogP contribution in [-0.4, -0.2) is 35.4 Å². The third-order valence-corrected chi connectivity index (χ3v) is 3.85. The van der Waals surface area contributed by atoms with E-state index in [9.17, 15) is 4.79 Å². The van der Waals surface area contributed by atoms with Crippen molar-refractivity contribution in [2.24, 2.45) is 5.92 Å². The maximum atomic E-state index is 12.3. The summed E-state index contributed by atoms with van der Waals surface area (Å²) in [4.78, 5) is 14.7. The minimum absolute atomic E-state index is 0.0256. The highest BCUT2D eigenvalue weighted by atomic mass is 16.3. The number of benzene rings is 1. The molecule has 1 aliphatic rings. The minimum Gasteiger partial charge on any atom is -0.392 e. The first-order valence-electron chi connectivity index (χ1n) is 7.17. The summed E-state index contributed by atoms with van der Waals surface area (Å²) >= 11 is 0. The third-order valence-electron chi connectivity index (χ3n) is 3.85. The lowest BCUT2D eigenvalue weighted by Crippen LogP contribution is -2.35. The zero-order valence-corrected chi connectivity index (χ0v) is 11.6. The smallest absolute Gasteiger partial charge is 0.166 e. The topological polar surface area (TPSA) is 40.5 Å². The first kappa shape index (κ1) is 14.2. The number of nitrogens with zero attached hydrogens (tertiary/aromatic N) is 1. The average molecular weight is 261 g/mol. The van der Waals surface area contributed by atoms with Gasteiger partial charge in [-0.3, -0.25) is 4.79 Å². The highest BCUT2D eigenvalue weighted by Gasteiger charge is 2.19. The Kier molecular flexibility index (Phi) is 5.11. The Balaban J connectivity index is 1.93. The molecule has 0 spiro atoms. The van der Waals surface area contributed by atoms with E-state index in [0.29, 0.717) is 0 Å². The van der Waals surface area contributed by atoms with Gasteiger partial charge in [0.25, 0.3) is 0 Å². The maximum Gasteiger partial charge on any atom is 0.166 e. The van der Waals surface area contributed by atoms with Crippen molar-refractivity contribution in [3.05, 3.63) is 35.4 Å². The van der Waals surface area contributed by atoms with Crippen LogP contribution in [-0.2, 0) is 6.61 Å². The van der Waals surface area contributed by atoms with E-state index in [0.717, 1.165) is 30.8 Å². The number of carbonyl (C=O) groups is 1. The van der Waals surface area contributed by atoms with Gasteiger partial charge in [-0.1, -0.05) is 37.6 Å². The molecule has 1 aromatic carbocycles. The molecular weight excluding hydrogens is 238 g/mol.